The number of aliphatic imine (C=N–C) groups is 1. The molecule has 0 aromatic rings. The molecule has 0 bridgehead atoms. The van der Waals surface area contributed by atoms with Gasteiger partial charge in [-0.05, 0) is 38.7 Å². The summed E-state index contributed by atoms with van der Waals surface area (Å²) in [5.41, 5.74) is 3.01. The minimum atomic E-state index is 0.369. The lowest BCUT2D eigenvalue weighted by molar-refractivity contribution is 0.0316. The van der Waals surface area contributed by atoms with Gasteiger partial charge in [0.15, 0.2) is 0 Å². The Kier molecular flexibility index (Phi) is 3.63. The molecule has 2 atom stereocenters. The number of morpholine rings is 1. The van der Waals surface area contributed by atoms with E-state index in [1.807, 2.05) is 0 Å². The fourth-order valence-corrected chi connectivity index (χ4v) is 3.48. The molecule has 0 radical (unpaired) electrons. The van der Waals surface area contributed by atoms with Crippen molar-refractivity contribution in [3.8, 4) is 0 Å². The molecule has 3 aliphatic rings. The van der Waals surface area contributed by atoms with Gasteiger partial charge in [0.25, 0.3) is 0 Å². The first-order valence-corrected chi connectivity index (χ1v) is 7.47. The van der Waals surface area contributed by atoms with Gasteiger partial charge in [0, 0.05) is 31.9 Å². The summed E-state index contributed by atoms with van der Waals surface area (Å²) in [6, 6.07) is 0.369. The molecule has 2 saturated heterocycles. The van der Waals surface area contributed by atoms with Gasteiger partial charge < -0.3 is 9.64 Å². The number of hydrogen-bond acceptors (Lipinski definition) is 4. The molecule has 3 aliphatic heterocycles. The normalized spacial score (nSPS) is 32.6. The number of fused-ring (bicyclic) bond motifs is 1. The predicted octanol–water partition coefficient (Wildman–Crippen LogP) is 1.74. The first-order valence-electron chi connectivity index (χ1n) is 7.47. The highest BCUT2D eigenvalue weighted by Gasteiger charge is 2.34. The van der Waals surface area contributed by atoms with Crippen molar-refractivity contribution in [3.63, 3.8) is 0 Å². The summed E-state index contributed by atoms with van der Waals surface area (Å²) in [5.74, 6) is 1.95. The lowest BCUT2D eigenvalue weighted by Gasteiger charge is -2.29. The minimum absolute atomic E-state index is 0.369. The highest BCUT2D eigenvalue weighted by Crippen LogP contribution is 2.34. The van der Waals surface area contributed by atoms with E-state index >= 15 is 0 Å². The predicted molar refractivity (Wildman–Crippen MR) is 77.3 cm³/mol. The van der Waals surface area contributed by atoms with Crippen LogP contribution < -0.4 is 0 Å². The van der Waals surface area contributed by atoms with Crippen molar-refractivity contribution in [1.82, 2.24) is 9.80 Å². The van der Waals surface area contributed by atoms with Crippen molar-refractivity contribution in [3.05, 3.63) is 11.3 Å². The summed E-state index contributed by atoms with van der Waals surface area (Å²) in [4.78, 5) is 9.74. The zero-order valence-electron chi connectivity index (χ0n) is 12.4. The smallest absolute Gasteiger partial charge is 0.101 e. The number of nitrogens with zero attached hydrogens (tertiary/aromatic N) is 3. The van der Waals surface area contributed by atoms with Crippen LogP contribution in [0.4, 0.5) is 0 Å². The van der Waals surface area contributed by atoms with Gasteiger partial charge >= 0.3 is 0 Å². The molecule has 0 spiro atoms. The molecule has 19 heavy (non-hydrogen) atoms. The Morgan fingerprint density at radius 2 is 2.00 bits per heavy atom. The third-order valence-electron chi connectivity index (χ3n) is 4.72. The molecular formula is C15H25N3O. The summed E-state index contributed by atoms with van der Waals surface area (Å²) in [6.45, 7) is 12.9. The van der Waals surface area contributed by atoms with Crippen LogP contribution in [0.3, 0.4) is 0 Å². The summed E-state index contributed by atoms with van der Waals surface area (Å²) in [7, 11) is 0. The molecule has 0 aliphatic carbocycles. The summed E-state index contributed by atoms with van der Waals surface area (Å²) in [6.07, 6.45) is 1.22. The second kappa shape index (κ2) is 5.25. The Bertz CT molecular complexity index is 410. The Morgan fingerprint density at radius 1 is 1.26 bits per heavy atom. The molecule has 3 heterocycles. The van der Waals surface area contributed by atoms with Crippen molar-refractivity contribution in [1.29, 1.82) is 0 Å². The van der Waals surface area contributed by atoms with E-state index < -0.39 is 0 Å². The maximum absolute atomic E-state index is 5.43. The van der Waals surface area contributed by atoms with Gasteiger partial charge in [0.1, 0.15) is 5.84 Å². The molecule has 0 aromatic heterocycles. The number of amidine groups is 1. The van der Waals surface area contributed by atoms with Gasteiger partial charge in [-0.25, -0.2) is 0 Å². The van der Waals surface area contributed by atoms with Gasteiger partial charge in [-0.3, -0.25) is 9.89 Å². The van der Waals surface area contributed by atoms with Gasteiger partial charge in [-0.1, -0.05) is 0 Å². The van der Waals surface area contributed by atoms with Crippen LogP contribution in [-0.4, -0.2) is 61.1 Å². The minimum Gasteiger partial charge on any atom is -0.379 e. The second-order valence-corrected chi connectivity index (χ2v) is 6.08. The van der Waals surface area contributed by atoms with Crippen molar-refractivity contribution in [2.24, 2.45) is 10.9 Å². The standard InChI is InChI=1S/C15H25N3O/c1-11-12(2)16-13(3)18-10-14(8-15(11)18)9-17-4-6-19-7-5-17/h12,14H,4-10H2,1-3H3. The number of allylic oxidation sites excluding steroid dienone is 1. The number of rotatable bonds is 2. The summed E-state index contributed by atoms with van der Waals surface area (Å²) < 4.78 is 5.43. The largest absolute Gasteiger partial charge is 0.379 e. The quantitative estimate of drug-likeness (QED) is 0.759. The van der Waals surface area contributed by atoms with Crippen LogP contribution in [-0.2, 0) is 4.74 Å². The van der Waals surface area contributed by atoms with E-state index in [1.165, 1.54) is 24.4 Å². The first-order chi connectivity index (χ1) is 9.15. The van der Waals surface area contributed by atoms with E-state index in [4.69, 9.17) is 9.73 Å². The molecule has 2 fully saturated rings. The zero-order chi connectivity index (χ0) is 13.4. The lowest BCUT2D eigenvalue weighted by atomic mass is 10.0. The highest BCUT2D eigenvalue weighted by molar-refractivity contribution is 5.83. The van der Waals surface area contributed by atoms with Crippen molar-refractivity contribution >= 4 is 5.84 Å². The van der Waals surface area contributed by atoms with E-state index in [0.29, 0.717) is 6.04 Å². The van der Waals surface area contributed by atoms with Crippen LogP contribution in [0.15, 0.2) is 16.3 Å². The molecule has 0 amide bonds. The van der Waals surface area contributed by atoms with Crippen LogP contribution in [0.25, 0.3) is 0 Å². The van der Waals surface area contributed by atoms with Gasteiger partial charge in [0.05, 0.1) is 19.3 Å². The van der Waals surface area contributed by atoms with Crippen LogP contribution in [0.2, 0.25) is 0 Å². The topological polar surface area (TPSA) is 28.1 Å². The Labute approximate surface area is 116 Å². The van der Waals surface area contributed by atoms with Crippen LogP contribution >= 0.6 is 0 Å². The second-order valence-electron chi connectivity index (χ2n) is 6.08. The summed E-state index contributed by atoms with van der Waals surface area (Å²) in [5, 5.41) is 0. The molecule has 2 unspecified atom stereocenters. The van der Waals surface area contributed by atoms with E-state index in [0.717, 1.165) is 38.8 Å². The Balaban J connectivity index is 1.67. The van der Waals surface area contributed by atoms with E-state index in [1.54, 1.807) is 5.70 Å². The maximum atomic E-state index is 5.43. The lowest BCUT2D eigenvalue weighted by Crippen LogP contribution is -2.40. The highest BCUT2D eigenvalue weighted by atomic mass is 16.5. The average molecular weight is 263 g/mol. The van der Waals surface area contributed by atoms with E-state index in [9.17, 15) is 0 Å². The molecular weight excluding hydrogens is 238 g/mol. The van der Waals surface area contributed by atoms with Crippen molar-refractivity contribution in [2.75, 3.05) is 39.4 Å². The summed E-state index contributed by atoms with van der Waals surface area (Å²) >= 11 is 0. The fourth-order valence-electron chi connectivity index (χ4n) is 3.48. The third-order valence-corrected chi connectivity index (χ3v) is 4.72. The molecule has 4 nitrogen and oxygen atoms in total. The van der Waals surface area contributed by atoms with Crippen LogP contribution in [0.1, 0.15) is 27.2 Å². The number of ether oxygens (including phenoxy) is 1. The molecule has 0 saturated carbocycles. The van der Waals surface area contributed by atoms with E-state index in [2.05, 4.69) is 30.6 Å². The number of hydrogen-bond donors (Lipinski definition) is 0. The Morgan fingerprint density at radius 3 is 2.74 bits per heavy atom. The maximum Gasteiger partial charge on any atom is 0.101 e. The van der Waals surface area contributed by atoms with Crippen LogP contribution in [0.5, 0.6) is 0 Å². The molecule has 3 rings (SSSR count). The zero-order valence-corrected chi connectivity index (χ0v) is 12.4. The molecule has 0 aromatic carbocycles. The van der Waals surface area contributed by atoms with Gasteiger partial charge in [-0.2, -0.15) is 0 Å². The van der Waals surface area contributed by atoms with Crippen molar-refractivity contribution in [2.45, 2.75) is 33.2 Å². The fraction of sp³-hybridized carbons (Fsp3) is 0.800. The Hall–Kier alpha value is -0.870. The van der Waals surface area contributed by atoms with Gasteiger partial charge in [0.2, 0.25) is 0 Å². The third kappa shape index (κ3) is 2.56. The SMILES string of the molecule is CC1=NC(C)C(C)=C2CC(CN3CCOCC3)CN12. The average Bonchev–Trinajstić information content (AvgIpc) is 2.82. The molecule has 106 valence electrons. The van der Waals surface area contributed by atoms with Crippen molar-refractivity contribution < 1.29 is 4.74 Å². The first kappa shape index (κ1) is 13.1. The molecule has 4 heteroatoms. The monoisotopic (exact) mass is 263 g/mol. The molecule has 0 N–H and O–H groups in total. The van der Waals surface area contributed by atoms with E-state index in [-0.39, 0.29) is 0 Å². The van der Waals surface area contributed by atoms with Crippen LogP contribution in [0, 0.1) is 5.92 Å². The van der Waals surface area contributed by atoms with Gasteiger partial charge in [-0.15, -0.1) is 0 Å².